The van der Waals surface area contributed by atoms with Crippen molar-refractivity contribution < 1.29 is 9.59 Å². The standard InChI is InChI=1S/C21H22N4O3/c1-12(15-4-3-5-18-16(15)8-9-23-18)25-11-13(19(26)24-14-6-7-14)10-17(21(25)28)20(27)22-2/h3-5,8-12,14,23H,6-7H2,1-2H3,(H,22,27)(H,24,26)/t12-/m1/s1. The number of hydrogen-bond donors (Lipinski definition) is 3. The first-order valence-electron chi connectivity index (χ1n) is 9.34. The highest BCUT2D eigenvalue weighted by molar-refractivity contribution is 5.99. The lowest BCUT2D eigenvalue weighted by molar-refractivity contribution is 0.0950. The van der Waals surface area contributed by atoms with E-state index >= 15 is 0 Å². The van der Waals surface area contributed by atoms with Crippen LogP contribution in [0, 0.1) is 0 Å². The number of carbonyl (C=O) groups excluding carboxylic acids is 2. The van der Waals surface area contributed by atoms with Crippen LogP contribution in [0.2, 0.25) is 0 Å². The Morgan fingerprint density at radius 2 is 2.00 bits per heavy atom. The van der Waals surface area contributed by atoms with Crippen molar-refractivity contribution in [2.75, 3.05) is 7.05 Å². The van der Waals surface area contributed by atoms with E-state index in [2.05, 4.69) is 15.6 Å². The molecular weight excluding hydrogens is 356 g/mol. The molecule has 3 aromatic rings. The molecule has 1 aliphatic carbocycles. The van der Waals surface area contributed by atoms with E-state index in [1.807, 2.05) is 37.4 Å². The molecule has 0 unspecified atom stereocenters. The van der Waals surface area contributed by atoms with Gasteiger partial charge in [-0.2, -0.15) is 0 Å². The predicted molar refractivity (Wildman–Crippen MR) is 107 cm³/mol. The lowest BCUT2D eigenvalue weighted by atomic mass is 10.0. The van der Waals surface area contributed by atoms with Crippen LogP contribution in [0.3, 0.4) is 0 Å². The third-order valence-corrected chi connectivity index (χ3v) is 5.19. The Labute approximate surface area is 161 Å². The van der Waals surface area contributed by atoms with Crippen molar-refractivity contribution in [2.24, 2.45) is 0 Å². The second-order valence-electron chi connectivity index (χ2n) is 7.14. The van der Waals surface area contributed by atoms with Gasteiger partial charge in [0.2, 0.25) is 0 Å². The van der Waals surface area contributed by atoms with Crippen LogP contribution in [0.25, 0.3) is 10.9 Å². The summed E-state index contributed by atoms with van der Waals surface area (Å²) in [6.07, 6.45) is 5.31. The number of benzene rings is 1. The Bertz CT molecular complexity index is 1120. The Morgan fingerprint density at radius 1 is 1.21 bits per heavy atom. The summed E-state index contributed by atoms with van der Waals surface area (Å²) >= 11 is 0. The molecule has 1 atom stereocenters. The van der Waals surface area contributed by atoms with Crippen molar-refractivity contribution in [1.29, 1.82) is 0 Å². The van der Waals surface area contributed by atoms with Gasteiger partial charge in [0.1, 0.15) is 5.56 Å². The first-order chi connectivity index (χ1) is 13.5. The summed E-state index contributed by atoms with van der Waals surface area (Å²) in [5, 5.41) is 6.39. The number of fused-ring (bicyclic) bond motifs is 1. The summed E-state index contributed by atoms with van der Waals surface area (Å²) in [7, 11) is 1.47. The van der Waals surface area contributed by atoms with Crippen molar-refractivity contribution in [3.63, 3.8) is 0 Å². The Kier molecular flexibility index (Phi) is 4.50. The second kappa shape index (κ2) is 6.99. The Morgan fingerprint density at radius 3 is 2.71 bits per heavy atom. The van der Waals surface area contributed by atoms with Crippen LogP contribution < -0.4 is 16.2 Å². The molecule has 1 aromatic carbocycles. The van der Waals surface area contributed by atoms with Gasteiger partial charge in [-0.1, -0.05) is 12.1 Å². The number of nitrogens with one attached hydrogen (secondary N) is 3. The largest absolute Gasteiger partial charge is 0.361 e. The molecule has 0 bridgehead atoms. The van der Waals surface area contributed by atoms with E-state index in [0.717, 1.165) is 29.3 Å². The van der Waals surface area contributed by atoms with Crippen molar-refractivity contribution >= 4 is 22.7 Å². The molecule has 1 saturated carbocycles. The first kappa shape index (κ1) is 18.0. The van der Waals surface area contributed by atoms with Crippen LogP contribution in [-0.2, 0) is 0 Å². The number of hydrogen-bond acceptors (Lipinski definition) is 3. The zero-order valence-corrected chi connectivity index (χ0v) is 15.8. The summed E-state index contributed by atoms with van der Waals surface area (Å²) in [6, 6.07) is 8.98. The monoisotopic (exact) mass is 378 g/mol. The number of carbonyl (C=O) groups is 2. The maximum Gasteiger partial charge on any atom is 0.264 e. The van der Waals surface area contributed by atoms with Crippen molar-refractivity contribution in [2.45, 2.75) is 31.8 Å². The fraction of sp³-hybridized carbons (Fsp3) is 0.286. The molecule has 0 saturated heterocycles. The molecule has 144 valence electrons. The van der Waals surface area contributed by atoms with Gasteiger partial charge in [0.25, 0.3) is 17.4 Å². The number of rotatable bonds is 5. The third-order valence-electron chi connectivity index (χ3n) is 5.19. The molecule has 1 fully saturated rings. The van der Waals surface area contributed by atoms with Gasteiger partial charge in [0.15, 0.2) is 0 Å². The van der Waals surface area contributed by atoms with Crippen LogP contribution >= 0.6 is 0 Å². The molecule has 1 aliphatic rings. The minimum Gasteiger partial charge on any atom is -0.361 e. The van der Waals surface area contributed by atoms with Gasteiger partial charge in [-0.3, -0.25) is 14.4 Å². The highest BCUT2D eigenvalue weighted by Crippen LogP contribution is 2.26. The zero-order chi connectivity index (χ0) is 19.8. The molecule has 28 heavy (non-hydrogen) atoms. The minimum absolute atomic E-state index is 0.0426. The van der Waals surface area contributed by atoms with Crippen LogP contribution in [-0.4, -0.2) is 34.5 Å². The molecular formula is C21H22N4O3. The summed E-state index contributed by atoms with van der Waals surface area (Å²) in [5.41, 5.74) is 1.73. The Balaban J connectivity index is 1.84. The summed E-state index contributed by atoms with van der Waals surface area (Å²) < 4.78 is 1.47. The molecule has 0 spiro atoms. The average Bonchev–Trinajstić information content (AvgIpc) is 3.38. The molecule has 2 heterocycles. The highest BCUT2D eigenvalue weighted by Gasteiger charge is 2.26. The molecule has 2 aromatic heterocycles. The first-order valence-corrected chi connectivity index (χ1v) is 9.34. The topological polar surface area (TPSA) is 96.0 Å². The molecule has 0 radical (unpaired) electrons. The zero-order valence-electron chi connectivity index (χ0n) is 15.8. The van der Waals surface area contributed by atoms with E-state index < -0.39 is 11.5 Å². The van der Waals surface area contributed by atoms with Crippen LogP contribution in [0.15, 0.2) is 47.5 Å². The molecule has 2 amide bonds. The maximum atomic E-state index is 13.0. The second-order valence-corrected chi connectivity index (χ2v) is 7.14. The van der Waals surface area contributed by atoms with Gasteiger partial charge in [-0.05, 0) is 43.5 Å². The van der Waals surface area contributed by atoms with Crippen LogP contribution in [0.1, 0.15) is 52.1 Å². The quantitative estimate of drug-likeness (QED) is 0.635. The number of nitrogens with zero attached hydrogens (tertiary/aromatic N) is 1. The van der Waals surface area contributed by atoms with E-state index in [1.165, 1.54) is 17.7 Å². The van der Waals surface area contributed by atoms with Crippen molar-refractivity contribution in [3.8, 4) is 0 Å². The van der Waals surface area contributed by atoms with Crippen LogP contribution in [0.5, 0.6) is 0 Å². The predicted octanol–water partition coefficient (Wildman–Crippen LogP) is 2.19. The lowest BCUT2D eigenvalue weighted by Crippen LogP contribution is -2.35. The van der Waals surface area contributed by atoms with Gasteiger partial charge in [-0.25, -0.2) is 0 Å². The number of aromatic amines is 1. The molecule has 0 aliphatic heterocycles. The number of pyridine rings is 1. The summed E-state index contributed by atoms with van der Waals surface area (Å²) in [5.74, 6) is -0.777. The highest BCUT2D eigenvalue weighted by atomic mass is 16.2. The fourth-order valence-corrected chi connectivity index (χ4v) is 3.43. The third kappa shape index (κ3) is 3.19. The smallest absolute Gasteiger partial charge is 0.264 e. The van der Waals surface area contributed by atoms with Gasteiger partial charge in [0, 0.05) is 36.4 Å². The lowest BCUT2D eigenvalue weighted by Gasteiger charge is -2.19. The fourth-order valence-electron chi connectivity index (χ4n) is 3.43. The van der Waals surface area contributed by atoms with Gasteiger partial charge in [-0.15, -0.1) is 0 Å². The van der Waals surface area contributed by atoms with E-state index in [4.69, 9.17) is 0 Å². The summed E-state index contributed by atoms with van der Waals surface area (Å²) in [6.45, 7) is 1.89. The van der Waals surface area contributed by atoms with E-state index in [1.54, 1.807) is 6.20 Å². The normalized spacial score (nSPS) is 14.6. The number of H-pyrrole nitrogens is 1. The molecule has 3 N–H and O–H groups in total. The average molecular weight is 378 g/mol. The van der Waals surface area contributed by atoms with Crippen LogP contribution in [0.4, 0.5) is 0 Å². The maximum absolute atomic E-state index is 13.0. The van der Waals surface area contributed by atoms with Crippen molar-refractivity contribution in [1.82, 2.24) is 20.2 Å². The Hall–Kier alpha value is -3.35. The SMILES string of the molecule is CNC(=O)c1cc(C(=O)NC2CC2)cn([C@H](C)c2cccc3[nH]ccc23)c1=O. The minimum atomic E-state index is -0.508. The van der Waals surface area contributed by atoms with E-state index in [0.29, 0.717) is 5.56 Å². The summed E-state index contributed by atoms with van der Waals surface area (Å²) in [4.78, 5) is 41.0. The number of aromatic nitrogens is 2. The van der Waals surface area contributed by atoms with Gasteiger partial charge >= 0.3 is 0 Å². The van der Waals surface area contributed by atoms with E-state index in [-0.39, 0.29) is 23.6 Å². The van der Waals surface area contributed by atoms with Gasteiger partial charge in [0.05, 0.1) is 11.6 Å². The van der Waals surface area contributed by atoms with Gasteiger partial charge < -0.3 is 20.2 Å². The number of amides is 2. The van der Waals surface area contributed by atoms with Crippen molar-refractivity contribution in [3.05, 3.63) is 69.8 Å². The molecule has 4 rings (SSSR count). The molecule has 7 nitrogen and oxygen atoms in total. The van der Waals surface area contributed by atoms with E-state index in [9.17, 15) is 14.4 Å². The molecule has 7 heteroatoms.